The van der Waals surface area contributed by atoms with Gasteiger partial charge in [0.15, 0.2) is 4.67 Å². The third kappa shape index (κ3) is 3.74. The van der Waals surface area contributed by atoms with Gasteiger partial charge in [0, 0.05) is 5.56 Å². The molecule has 2 rings (SSSR count). The molecule has 0 saturated carbocycles. The van der Waals surface area contributed by atoms with Gasteiger partial charge in [0.05, 0.1) is 12.3 Å². The molecular weight excluding hydrogens is 314 g/mol. The molecule has 0 saturated heterocycles. The van der Waals surface area contributed by atoms with Gasteiger partial charge in [-0.05, 0) is 52.0 Å². The average molecular weight is 336 g/mol. The van der Waals surface area contributed by atoms with Crippen LogP contribution in [0.25, 0.3) is 0 Å². The summed E-state index contributed by atoms with van der Waals surface area (Å²) in [4.78, 5) is 0. The quantitative estimate of drug-likeness (QED) is 0.808. The lowest BCUT2D eigenvalue weighted by Gasteiger charge is -2.18. The highest BCUT2D eigenvalue weighted by atomic mass is 79.9. The highest BCUT2D eigenvalue weighted by Gasteiger charge is 2.17. The Labute approximate surface area is 129 Å². The van der Waals surface area contributed by atoms with Gasteiger partial charge in [-0.15, -0.1) is 0 Å². The van der Waals surface area contributed by atoms with Crippen LogP contribution in [0.2, 0.25) is 0 Å². The van der Waals surface area contributed by atoms with E-state index in [0.717, 1.165) is 23.2 Å². The summed E-state index contributed by atoms with van der Waals surface area (Å²) in [7, 11) is 0. The second-order valence-electron chi connectivity index (χ2n) is 5.48. The molecule has 0 aliphatic rings. The smallest absolute Gasteiger partial charge is 0.174 e. The Balaban J connectivity index is 2.24. The summed E-state index contributed by atoms with van der Waals surface area (Å²) in [6.45, 7) is 7.53. The van der Waals surface area contributed by atoms with Crippen molar-refractivity contribution in [2.24, 2.45) is 5.92 Å². The van der Waals surface area contributed by atoms with E-state index in [0.29, 0.717) is 5.92 Å². The summed E-state index contributed by atoms with van der Waals surface area (Å²) in [6.07, 6.45) is 2.85. The third-order valence-electron chi connectivity index (χ3n) is 3.32. The van der Waals surface area contributed by atoms with E-state index in [1.54, 1.807) is 6.26 Å². The first-order valence-corrected chi connectivity index (χ1v) is 7.96. The number of benzene rings is 1. The summed E-state index contributed by atoms with van der Waals surface area (Å²) in [5.74, 6) is 0.688. The largest absolute Gasteiger partial charge is 0.457 e. The molecule has 0 amide bonds. The van der Waals surface area contributed by atoms with E-state index in [4.69, 9.17) is 4.42 Å². The molecule has 2 aromatic rings. The van der Waals surface area contributed by atoms with E-state index >= 15 is 0 Å². The number of hydrogen-bond acceptors (Lipinski definition) is 2. The van der Waals surface area contributed by atoms with Gasteiger partial charge in [-0.3, -0.25) is 0 Å². The minimum Gasteiger partial charge on any atom is -0.457 e. The molecule has 1 N–H and O–H groups in total. The topological polar surface area (TPSA) is 25.2 Å². The summed E-state index contributed by atoms with van der Waals surface area (Å²) in [5.41, 5.74) is 3.80. The van der Waals surface area contributed by atoms with Gasteiger partial charge >= 0.3 is 0 Å². The minimum atomic E-state index is 0.168. The lowest BCUT2D eigenvalue weighted by atomic mass is 9.97. The number of nitrogens with one attached hydrogen (secondary N) is 1. The molecule has 20 heavy (non-hydrogen) atoms. The summed E-state index contributed by atoms with van der Waals surface area (Å²) < 4.78 is 6.17. The Morgan fingerprint density at radius 1 is 1.15 bits per heavy atom. The van der Waals surface area contributed by atoms with Gasteiger partial charge in [-0.1, -0.05) is 45.0 Å². The maximum Gasteiger partial charge on any atom is 0.174 e. The van der Waals surface area contributed by atoms with E-state index in [1.807, 2.05) is 6.07 Å². The standard InChI is InChI=1S/C17H22BrNO/c1-4-19-16(15-9-10-20-17(15)18)14-7-5-13(6-8-14)11-12(2)3/h5-10,12,16,19H,4,11H2,1-3H3. The Morgan fingerprint density at radius 2 is 1.85 bits per heavy atom. The van der Waals surface area contributed by atoms with Crippen LogP contribution in [-0.4, -0.2) is 6.54 Å². The lowest BCUT2D eigenvalue weighted by Crippen LogP contribution is -2.21. The van der Waals surface area contributed by atoms with Gasteiger partial charge in [0.25, 0.3) is 0 Å². The zero-order chi connectivity index (χ0) is 14.5. The number of halogens is 1. The molecule has 1 heterocycles. The first-order chi connectivity index (χ1) is 9.61. The molecule has 0 aliphatic heterocycles. The fourth-order valence-corrected chi connectivity index (χ4v) is 2.91. The fraction of sp³-hybridized carbons (Fsp3) is 0.412. The van der Waals surface area contributed by atoms with Crippen molar-refractivity contribution in [1.29, 1.82) is 0 Å². The highest BCUT2D eigenvalue weighted by molar-refractivity contribution is 9.10. The van der Waals surface area contributed by atoms with Crippen LogP contribution in [0.3, 0.4) is 0 Å². The third-order valence-corrected chi connectivity index (χ3v) is 3.97. The molecular formula is C17H22BrNO. The number of rotatable bonds is 6. The Hall–Kier alpha value is -1.06. The van der Waals surface area contributed by atoms with Crippen molar-refractivity contribution in [2.75, 3.05) is 6.54 Å². The second-order valence-corrected chi connectivity index (χ2v) is 6.20. The molecule has 1 aromatic carbocycles. The SMILES string of the molecule is CCNC(c1ccc(CC(C)C)cc1)c1ccoc1Br. The van der Waals surface area contributed by atoms with Gasteiger partial charge in [-0.2, -0.15) is 0 Å². The number of hydrogen-bond donors (Lipinski definition) is 1. The van der Waals surface area contributed by atoms with Crippen LogP contribution in [0.15, 0.2) is 45.7 Å². The normalized spacial score (nSPS) is 12.8. The van der Waals surface area contributed by atoms with Crippen molar-refractivity contribution in [3.8, 4) is 0 Å². The summed E-state index contributed by atoms with van der Waals surface area (Å²) in [6, 6.07) is 11.1. The van der Waals surface area contributed by atoms with Gasteiger partial charge in [0.2, 0.25) is 0 Å². The molecule has 0 radical (unpaired) electrons. The zero-order valence-corrected chi connectivity index (χ0v) is 13.9. The maximum atomic E-state index is 5.37. The lowest BCUT2D eigenvalue weighted by molar-refractivity contribution is 0.526. The predicted molar refractivity (Wildman–Crippen MR) is 86.9 cm³/mol. The number of furan rings is 1. The van der Waals surface area contributed by atoms with E-state index in [9.17, 15) is 0 Å². The Kier molecular flexibility index (Phi) is 5.44. The molecule has 1 aromatic heterocycles. The van der Waals surface area contributed by atoms with Crippen molar-refractivity contribution in [1.82, 2.24) is 5.32 Å². The van der Waals surface area contributed by atoms with Crippen LogP contribution in [0, 0.1) is 5.92 Å². The van der Waals surface area contributed by atoms with Crippen LogP contribution in [0.5, 0.6) is 0 Å². The van der Waals surface area contributed by atoms with E-state index in [2.05, 4.69) is 66.3 Å². The van der Waals surface area contributed by atoms with Crippen molar-refractivity contribution in [2.45, 2.75) is 33.2 Å². The van der Waals surface area contributed by atoms with Crippen LogP contribution in [0.1, 0.15) is 43.5 Å². The van der Waals surface area contributed by atoms with Gasteiger partial charge in [-0.25, -0.2) is 0 Å². The van der Waals surface area contributed by atoms with Crippen LogP contribution < -0.4 is 5.32 Å². The van der Waals surface area contributed by atoms with Crippen LogP contribution >= 0.6 is 15.9 Å². The van der Waals surface area contributed by atoms with E-state index < -0.39 is 0 Å². The molecule has 0 spiro atoms. The molecule has 1 unspecified atom stereocenters. The highest BCUT2D eigenvalue weighted by Crippen LogP contribution is 2.29. The van der Waals surface area contributed by atoms with Crippen molar-refractivity contribution in [3.05, 3.63) is 58.0 Å². The Bertz CT molecular complexity index is 530. The summed E-state index contributed by atoms with van der Waals surface area (Å²) >= 11 is 3.47. The maximum absolute atomic E-state index is 5.37. The summed E-state index contributed by atoms with van der Waals surface area (Å²) in [5, 5.41) is 3.51. The molecule has 3 heteroatoms. The second kappa shape index (κ2) is 7.09. The molecule has 2 nitrogen and oxygen atoms in total. The van der Waals surface area contributed by atoms with E-state index in [-0.39, 0.29) is 6.04 Å². The van der Waals surface area contributed by atoms with Gasteiger partial charge < -0.3 is 9.73 Å². The first kappa shape index (κ1) is 15.3. The zero-order valence-electron chi connectivity index (χ0n) is 12.3. The monoisotopic (exact) mass is 335 g/mol. The fourth-order valence-electron chi connectivity index (χ4n) is 2.44. The molecule has 108 valence electrons. The van der Waals surface area contributed by atoms with Crippen molar-refractivity contribution >= 4 is 15.9 Å². The molecule has 0 aliphatic carbocycles. The molecule has 1 atom stereocenters. The molecule has 0 fully saturated rings. The van der Waals surface area contributed by atoms with Crippen molar-refractivity contribution in [3.63, 3.8) is 0 Å². The van der Waals surface area contributed by atoms with Crippen LogP contribution in [-0.2, 0) is 6.42 Å². The predicted octanol–water partition coefficient (Wildman–Crippen LogP) is 4.94. The van der Waals surface area contributed by atoms with Gasteiger partial charge in [0.1, 0.15) is 0 Å². The Morgan fingerprint density at radius 3 is 2.35 bits per heavy atom. The van der Waals surface area contributed by atoms with Crippen LogP contribution in [0.4, 0.5) is 0 Å². The minimum absolute atomic E-state index is 0.168. The average Bonchev–Trinajstić information content (AvgIpc) is 2.83. The van der Waals surface area contributed by atoms with E-state index in [1.165, 1.54) is 11.1 Å². The molecule has 0 bridgehead atoms. The van der Waals surface area contributed by atoms with Crippen molar-refractivity contribution < 1.29 is 4.42 Å². The first-order valence-electron chi connectivity index (χ1n) is 7.17.